The molecule has 1 amide bonds. The number of aryl methyl sites for hydroxylation is 1. The van der Waals surface area contributed by atoms with Crippen LogP contribution in [-0.4, -0.2) is 42.5 Å². The third-order valence-electron chi connectivity index (χ3n) is 5.06. The molecule has 0 aliphatic rings. The van der Waals surface area contributed by atoms with E-state index in [1.54, 1.807) is 29.8 Å². The van der Waals surface area contributed by atoms with Crippen molar-refractivity contribution in [1.29, 1.82) is 0 Å². The molecule has 0 aliphatic heterocycles. The predicted octanol–water partition coefficient (Wildman–Crippen LogP) is 3.38. The zero-order valence-corrected chi connectivity index (χ0v) is 19.5. The Morgan fingerprint density at radius 1 is 1.06 bits per heavy atom. The lowest BCUT2D eigenvalue weighted by atomic mass is 10.1. The Kier molecular flexibility index (Phi) is 6.83. The summed E-state index contributed by atoms with van der Waals surface area (Å²) < 4.78 is 28.0. The summed E-state index contributed by atoms with van der Waals surface area (Å²) in [5, 5.41) is 7.97. The Morgan fingerprint density at radius 3 is 2.32 bits per heavy atom. The maximum absolute atomic E-state index is 12.9. The topological polar surface area (TPSA) is 84.3 Å². The molecule has 1 heterocycles. The monoisotopic (exact) mass is 460 g/mol. The molecule has 0 spiro atoms. The van der Waals surface area contributed by atoms with Gasteiger partial charge in [-0.05, 0) is 37.1 Å². The first kappa shape index (κ1) is 23.0. The van der Waals surface area contributed by atoms with E-state index >= 15 is 0 Å². The Hall–Kier alpha value is -2.68. The van der Waals surface area contributed by atoms with Crippen molar-refractivity contribution in [1.82, 2.24) is 19.4 Å². The number of sulfonamides is 1. The van der Waals surface area contributed by atoms with Gasteiger partial charge in [0, 0.05) is 31.4 Å². The van der Waals surface area contributed by atoms with Gasteiger partial charge in [0.2, 0.25) is 10.0 Å². The Labute approximate surface area is 187 Å². The summed E-state index contributed by atoms with van der Waals surface area (Å²) in [6.07, 6.45) is 0. The van der Waals surface area contributed by atoms with Crippen LogP contribution in [-0.2, 0) is 23.1 Å². The summed E-state index contributed by atoms with van der Waals surface area (Å²) in [6.45, 7) is 4.13. The highest BCUT2D eigenvalue weighted by atomic mass is 35.5. The number of halogens is 1. The van der Waals surface area contributed by atoms with Crippen molar-refractivity contribution in [3.63, 3.8) is 0 Å². The van der Waals surface area contributed by atoms with E-state index in [9.17, 15) is 13.2 Å². The van der Waals surface area contributed by atoms with E-state index in [-0.39, 0.29) is 17.3 Å². The maximum atomic E-state index is 12.9. The number of hydrogen-bond acceptors (Lipinski definition) is 4. The molecule has 7 nitrogen and oxygen atoms in total. The Balaban J connectivity index is 1.82. The summed E-state index contributed by atoms with van der Waals surface area (Å²) in [6, 6.07) is 14.1. The van der Waals surface area contributed by atoms with Crippen molar-refractivity contribution < 1.29 is 13.2 Å². The average molecular weight is 461 g/mol. The fourth-order valence-electron chi connectivity index (χ4n) is 3.33. The van der Waals surface area contributed by atoms with Gasteiger partial charge in [0.15, 0.2) is 0 Å². The van der Waals surface area contributed by atoms with Gasteiger partial charge < -0.3 is 5.32 Å². The number of rotatable bonds is 7. The molecule has 9 heteroatoms. The van der Waals surface area contributed by atoms with Crippen LogP contribution in [0.5, 0.6) is 0 Å². The average Bonchev–Trinajstić information content (AvgIpc) is 3.01. The van der Waals surface area contributed by atoms with Gasteiger partial charge in [-0.25, -0.2) is 12.7 Å². The van der Waals surface area contributed by atoms with Gasteiger partial charge in [0.05, 0.1) is 22.7 Å². The van der Waals surface area contributed by atoms with Crippen molar-refractivity contribution in [2.45, 2.75) is 31.8 Å². The minimum absolute atomic E-state index is 0.0800. The third-order valence-corrected chi connectivity index (χ3v) is 7.34. The van der Waals surface area contributed by atoms with Gasteiger partial charge in [-0.2, -0.15) is 5.10 Å². The summed E-state index contributed by atoms with van der Waals surface area (Å²) >= 11 is 6.25. The van der Waals surface area contributed by atoms with Crippen LogP contribution in [0.1, 0.15) is 32.9 Å². The molecule has 3 aromatic rings. The van der Waals surface area contributed by atoms with Crippen LogP contribution in [0, 0.1) is 13.8 Å². The Bertz CT molecular complexity index is 1220. The van der Waals surface area contributed by atoms with Crippen LogP contribution in [0.2, 0.25) is 5.02 Å². The van der Waals surface area contributed by atoms with Crippen LogP contribution in [0.4, 0.5) is 0 Å². The molecular formula is C22H25ClN4O3S. The van der Waals surface area contributed by atoms with E-state index in [4.69, 9.17) is 11.6 Å². The molecule has 0 radical (unpaired) electrons. The number of carbonyl (C=O) groups is 1. The van der Waals surface area contributed by atoms with Gasteiger partial charge in [-0.1, -0.05) is 48.0 Å². The van der Waals surface area contributed by atoms with E-state index in [2.05, 4.69) is 10.4 Å². The van der Waals surface area contributed by atoms with Gasteiger partial charge in [-0.3, -0.25) is 9.48 Å². The maximum Gasteiger partial charge on any atom is 0.255 e. The third kappa shape index (κ3) is 4.81. The quantitative estimate of drug-likeness (QED) is 0.585. The second-order valence-electron chi connectivity index (χ2n) is 7.37. The van der Waals surface area contributed by atoms with Crippen molar-refractivity contribution in [2.24, 2.45) is 0 Å². The molecule has 0 saturated carbocycles. The highest BCUT2D eigenvalue weighted by Crippen LogP contribution is 2.21. The molecule has 0 atom stereocenters. The molecule has 2 aromatic carbocycles. The van der Waals surface area contributed by atoms with Crippen LogP contribution < -0.4 is 5.32 Å². The molecule has 1 aromatic heterocycles. The first-order valence-corrected chi connectivity index (χ1v) is 11.5. The van der Waals surface area contributed by atoms with Crippen LogP contribution in [0.3, 0.4) is 0 Å². The van der Waals surface area contributed by atoms with Crippen LogP contribution in [0.15, 0.2) is 53.4 Å². The lowest BCUT2D eigenvalue weighted by Crippen LogP contribution is -2.27. The molecule has 31 heavy (non-hydrogen) atoms. The molecular weight excluding hydrogens is 436 g/mol. The summed E-state index contributed by atoms with van der Waals surface area (Å²) in [5.74, 6) is -0.308. The van der Waals surface area contributed by atoms with E-state index in [0.717, 1.165) is 9.87 Å². The molecule has 0 saturated heterocycles. The van der Waals surface area contributed by atoms with Gasteiger partial charge >= 0.3 is 0 Å². The summed E-state index contributed by atoms with van der Waals surface area (Å²) in [5.41, 5.74) is 3.20. The summed E-state index contributed by atoms with van der Waals surface area (Å²) in [4.78, 5) is 13.1. The molecule has 0 unspecified atom stereocenters. The minimum Gasteiger partial charge on any atom is -0.348 e. The van der Waals surface area contributed by atoms with Crippen LogP contribution >= 0.6 is 11.6 Å². The highest BCUT2D eigenvalue weighted by molar-refractivity contribution is 7.89. The smallest absolute Gasteiger partial charge is 0.255 e. The molecule has 0 bridgehead atoms. The molecule has 1 N–H and O–H groups in total. The predicted molar refractivity (Wildman–Crippen MR) is 121 cm³/mol. The first-order valence-electron chi connectivity index (χ1n) is 9.69. The van der Waals surface area contributed by atoms with E-state index in [1.165, 1.54) is 20.2 Å². The van der Waals surface area contributed by atoms with Crippen molar-refractivity contribution >= 4 is 27.5 Å². The molecule has 0 fully saturated rings. The van der Waals surface area contributed by atoms with Crippen molar-refractivity contribution in [2.75, 3.05) is 14.1 Å². The number of aromatic nitrogens is 2. The number of nitrogens with one attached hydrogen (secondary N) is 1. The fourth-order valence-corrected chi connectivity index (χ4v) is 4.64. The number of carbonyl (C=O) groups excluding carboxylic acids is 1. The Morgan fingerprint density at radius 2 is 1.68 bits per heavy atom. The highest BCUT2D eigenvalue weighted by Gasteiger charge is 2.23. The zero-order chi connectivity index (χ0) is 22.8. The number of hydrogen-bond donors (Lipinski definition) is 1. The van der Waals surface area contributed by atoms with E-state index < -0.39 is 10.0 Å². The first-order chi connectivity index (χ1) is 14.6. The van der Waals surface area contributed by atoms with Gasteiger partial charge in [-0.15, -0.1) is 0 Å². The lowest BCUT2D eigenvalue weighted by Gasteiger charge is -2.15. The number of nitrogens with zero attached hydrogens (tertiary/aromatic N) is 3. The normalized spacial score (nSPS) is 11.7. The fraction of sp³-hybridized carbons (Fsp3) is 0.273. The standard InChI is InChI=1S/C22H25ClN4O3S/c1-15-21(16(2)27(25-15)14-18-10-5-7-11-19(18)23)22(28)24-13-17-9-6-8-12-20(17)31(29,30)26(3)4/h5-12H,13-14H2,1-4H3,(H,24,28). The number of benzene rings is 2. The lowest BCUT2D eigenvalue weighted by molar-refractivity contribution is 0.0949. The molecule has 164 valence electrons. The van der Waals surface area contributed by atoms with Crippen molar-refractivity contribution in [3.8, 4) is 0 Å². The van der Waals surface area contributed by atoms with Crippen molar-refractivity contribution in [3.05, 3.63) is 81.6 Å². The zero-order valence-electron chi connectivity index (χ0n) is 17.9. The van der Waals surface area contributed by atoms with Gasteiger partial charge in [0.1, 0.15) is 0 Å². The molecule has 3 rings (SSSR count). The minimum atomic E-state index is -3.62. The summed E-state index contributed by atoms with van der Waals surface area (Å²) in [7, 11) is -0.664. The largest absolute Gasteiger partial charge is 0.348 e. The SMILES string of the molecule is Cc1nn(Cc2ccccc2Cl)c(C)c1C(=O)NCc1ccccc1S(=O)(=O)N(C)C. The number of amides is 1. The van der Waals surface area contributed by atoms with Crippen LogP contribution in [0.25, 0.3) is 0 Å². The van der Waals surface area contributed by atoms with E-state index in [0.29, 0.717) is 34.1 Å². The second-order valence-corrected chi connectivity index (χ2v) is 9.90. The van der Waals surface area contributed by atoms with E-state index in [1.807, 2.05) is 31.2 Å². The second kappa shape index (κ2) is 9.21. The molecule has 0 aliphatic carbocycles. The van der Waals surface area contributed by atoms with Gasteiger partial charge in [0.25, 0.3) is 5.91 Å².